The number of nitrogens with one attached hydrogen (secondary N) is 1. The van der Waals surface area contributed by atoms with E-state index in [4.69, 9.17) is 16.3 Å². The second kappa shape index (κ2) is 11.0. The van der Waals surface area contributed by atoms with Gasteiger partial charge in [-0.15, -0.1) is 10.2 Å². The molecule has 3 rings (SSSR count). The molecule has 0 aliphatic rings. The van der Waals surface area contributed by atoms with E-state index < -0.39 is 5.97 Å². The molecule has 0 saturated carbocycles. The maximum Gasteiger partial charge on any atom is 0.339 e. The average Bonchev–Trinajstić information content (AvgIpc) is 3.20. The Morgan fingerprint density at radius 3 is 2.69 bits per heavy atom. The summed E-state index contributed by atoms with van der Waals surface area (Å²) in [6, 6.07) is 11.5. The number of ether oxygens (including phenoxy) is 1. The van der Waals surface area contributed by atoms with Gasteiger partial charge in [0.05, 0.1) is 28.5 Å². The number of nitrogens with zero attached hydrogens (tertiary/aromatic N) is 3. The summed E-state index contributed by atoms with van der Waals surface area (Å²) in [5, 5.41) is 22.0. The molecular weight excluding hydrogens is 452 g/mol. The molecule has 0 aliphatic heterocycles. The van der Waals surface area contributed by atoms with Crippen molar-refractivity contribution in [2.24, 2.45) is 0 Å². The summed E-state index contributed by atoms with van der Waals surface area (Å²) in [6.07, 6.45) is 0.699. The van der Waals surface area contributed by atoms with Gasteiger partial charge in [0.15, 0.2) is 11.0 Å². The summed E-state index contributed by atoms with van der Waals surface area (Å²) < 4.78 is 6.95. The molecule has 10 heteroatoms. The minimum Gasteiger partial charge on any atom is -0.507 e. The van der Waals surface area contributed by atoms with Crippen LogP contribution in [0.5, 0.6) is 5.75 Å². The van der Waals surface area contributed by atoms with Crippen LogP contribution in [0.3, 0.4) is 0 Å². The molecule has 2 aromatic carbocycles. The molecule has 1 amide bonds. The molecule has 0 saturated heterocycles. The highest BCUT2D eigenvalue weighted by Crippen LogP contribution is 2.30. The number of halogens is 1. The highest BCUT2D eigenvalue weighted by atomic mass is 35.5. The normalized spacial score (nSPS) is 10.7. The fourth-order valence-electron chi connectivity index (χ4n) is 2.90. The van der Waals surface area contributed by atoms with Gasteiger partial charge in [-0.05, 0) is 43.7 Å². The first-order chi connectivity index (χ1) is 15.4. The highest BCUT2D eigenvalue weighted by molar-refractivity contribution is 7.99. The Hall–Kier alpha value is -3.04. The van der Waals surface area contributed by atoms with E-state index in [1.165, 1.54) is 17.8 Å². The molecule has 168 valence electrons. The number of para-hydroxylation sites is 1. The molecule has 0 radical (unpaired) electrons. The smallest absolute Gasteiger partial charge is 0.339 e. The van der Waals surface area contributed by atoms with E-state index in [9.17, 15) is 14.7 Å². The number of carbonyl (C=O) groups is 2. The van der Waals surface area contributed by atoms with Crippen LogP contribution in [0, 0.1) is 0 Å². The van der Waals surface area contributed by atoms with Gasteiger partial charge in [0, 0.05) is 12.2 Å². The van der Waals surface area contributed by atoms with Crippen molar-refractivity contribution in [3.63, 3.8) is 0 Å². The molecule has 0 atom stereocenters. The standard InChI is InChI=1S/C22H23ClN4O4S/c1-3-11-31-21(30)16-12-14(9-10-17(16)23)24-19(29)13-32-22-26-25-20(27(22)4-2)15-7-5-6-8-18(15)28/h5-10,12,28H,3-4,11,13H2,1-2H3,(H,24,29). The lowest BCUT2D eigenvalue weighted by Gasteiger charge is -2.10. The predicted molar refractivity (Wildman–Crippen MR) is 124 cm³/mol. The third kappa shape index (κ3) is 5.60. The Balaban J connectivity index is 1.67. The lowest BCUT2D eigenvalue weighted by atomic mass is 10.2. The quantitative estimate of drug-likeness (QED) is 0.344. The number of esters is 1. The topological polar surface area (TPSA) is 106 Å². The van der Waals surface area contributed by atoms with Crippen molar-refractivity contribution in [2.75, 3.05) is 17.7 Å². The van der Waals surface area contributed by atoms with Crippen LogP contribution in [-0.2, 0) is 16.1 Å². The first-order valence-corrected chi connectivity index (χ1v) is 11.4. The van der Waals surface area contributed by atoms with E-state index in [0.29, 0.717) is 41.8 Å². The van der Waals surface area contributed by atoms with Crippen LogP contribution < -0.4 is 5.32 Å². The Kier molecular flexibility index (Phi) is 8.13. The van der Waals surface area contributed by atoms with Gasteiger partial charge < -0.3 is 19.7 Å². The summed E-state index contributed by atoms with van der Waals surface area (Å²) >= 11 is 7.31. The zero-order valence-corrected chi connectivity index (χ0v) is 19.2. The molecule has 0 fully saturated rings. The van der Waals surface area contributed by atoms with Crippen molar-refractivity contribution in [2.45, 2.75) is 32.0 Å². The maximum atomic E-state index is 12.5. The number of aromatic nitrogens is 3. The van der Waals surface area contributed by atoms with Gasteiger partial charge >= 0.3 is 5.97 Å². The van der Waals surface area contributed by atoms with Crippen LogP contribution in [0.1, 0.15) is 30.6 Å². The van der Waals surface area contributed by atoms with E-state index in [-0.39, 0.29) is 28.0 Å². The Morgan fingerprint density at radius 2 is 1.97 bits per heavy atom. The lowest BCUT2D eigenvalue weighted by Crippen LogP contribution is -2.15. The molecular formula is C22H23ClN4O4S. The number of amides is 1. The average molecular weight is 475 g/mol. The van der Waals surface area contributed by atoms with Gasteiger partial charge in [0.1, 0.15) is 5.75 Å². The van der Waals surface area contributed by atoms with Crippen LogP contribution in [0.2, 0.25) is 5.02 Å². The van der Waals surface area contributed by atoms with Gasteiger partial charge in [0.2, 0.25) is 5.91 Å². The van der Waals surface area contributed by atoms with Crippen molar-refractivity contribution < 1.29 is 19.4 Å². The maximum absolute atomic E-state index is 12.5. The van der Waals surface area contributed by atoms with Crippen LogP contribution in [0.25, 0.3) is 11.4 Å². The Morgan fingerprint density at radius 1 is 1.19 bits per heavy atom. The van der Waals surface area contributed by atoms with Gasteiger partial charge in [-0.2, -0.15) is 0 Å². The van der Waals surface area contributed by atoms with Crippen LogP contribution in [-0.4, -0.2) is 44.1 Å². The van der Waals surface area contributed by atoms with Gasteiger partial charge in [-0.25, -0.2) is 4.79 Å². The third-order valence-corrected chi connectivity index (χ3v) is 5.71. The molecule has 3 aromatic rings. The Bertz CT molecular complexity index is 1120. The van der Waals surface area contributed by atoms with Crippen molar-refractivity contribution in [3.8, 4) is 17.1 Å². The summed E-state index contributed by atoms with van der Waals surface area (Å²) in [4.78, 5) is 24.6. The molecule has 32 heavy (non-hydrogen) atoms. The molecule has 0 spiro atoms. The van der Waals surface area contributed by atoms with Crippen LogP contribution in [0.4, 0.5) is 5.69 Å². The van der Waals surface area contributed by atoms with E-state index in [2.05, 4.69) is 15.5 Å². The fraction of sp³-hybridized carbons (Fsp3) is 0.273. The van der Waals surface area contributed by atoms with Crippen molar-refractivity contribution in [1.29, 1.82) is 0 Å². The van der Waals surface area contributed by atoms with Crippen molar-refractivity contribution in [3.05, 3.63) is 53.1 Å². The summed E-state index contributed by atoms with van der Waals surface area (Å²) in [7, 11) is 0. The first kappa shape index (κ1) is 23.6. The number of benzene rings is 2. The van der Waals surface area contributed by atoms with Crippen molar-refractivity contribution >= 4 is 40.9 Å². The van der Waals surface area contributed by atoms with Crippen LogP contribution >= 0.6 is 23.4 Å². The number of rotatable bonds is 9. The molecule has 8 nitrogen and oxygen atoms in total. The SMILES string of the molecule is CCCOC(=O)c1cc(NC(=O)CSc2nnc(-c3ccccc3O)n2CC)ccc1Cl. The number of phenolic OH excluding ortho intramolecular Hbond substituents is 1. The summed E-state index contributed by atoms with van der Waals surface area (Å²) in [5.41, 5.74) is 1.21. The number of thioether (sulfide) groups is 1. The number of anilines is 1. The van der Waals surface area contributed by atoms with Gasteiger partial charge in [-0.3, -0.25) is 4.79 Å². The number of hydrogen-bond donors (Lipinski definition) is 2. The molecule has 1 aromatic heterocycles. The zero-order valence-electron chi connectivity index (χ0n) is 17.7. The van der Waals surface area contributed by atoms with E-state index >= 15 is 0 Å². The summed E-state index contributed by atoms with van der Waals surface area (Å²) in [6.45, 7) is 4.70. The van der Waals surface area contributed by atoms with Crippen LogP contribution in [0.15, 0.2) is 47.6 Å². The highest BCUT2D eigenvalue weighted by Gasteiger charge is 2.17. The summed E-state index contributed by atoms with van der Waals surface area (Å²) in [5.74, 6) is -0.0895. The van der Waals surface area contributed by atoms with Crippen molar-refractivity contribution in [1.82, 2.24) is 14.8 Å². The van der Waals surface area contributed by atoms with E-state index in [0.717, 1.165) is 0 Å². The largest absolute Gasteiger partial charge is 0.507 e. The third-order valence-electron chi connectivity index (χ3n) is 4.42. The van der Waals surface area contributed by atoms with E-state index in [1.807, 2.05) is 24.5 Å². The molecule has 0 aliphatic carbocycles. The Labute approximate surface area is 194 Å². The minimum absolute atomic E-state index is 0.0805. The molecule has 0 bridgehead atoms. The number of carbonyl (C=O) groups excluding carboxylic acids is 2. The number of hydrogen-bond acceptors (Lipinski definition) is 7. The zero-order chi connectivity index (χ0) is 23.1. The second-order valence-electron chi connectivity index (χ2n) is 6.73. The number of aromatic hydroxyl groups is 1. The number of phenols is 1. The molecule has 1 heterocycles. The van der Waals surface area contributed by atoms with E-state index in [1.54, 1.807) is 30.3 Å². The molecule has 2 N–H and O–H groups in total. The lowest BCUT2D eigenvalue weighted by molar-refractivity contribution is -0.113. The van der Waals surface area contributed by atoms with Gasteiger partial charge in [-0.1, -0.05) is 42.4 Å². The van der Waals surface area contributed by atoms with Gasteiger partial charge in [0.25, 0.3) is 0 Å². The first-order valence-electron chi connectivity index (χ1n) is 10.1. The molecule has 0 unspecified atom stereocenters. The second-order valence-corrected chi connectivity index (χ2v) is 8.08. The fourth-order valence-corrected chi connectivity index (χ4v) is 3.90. The monoisotopic (exact) mass is 474 g/mol. The predicted octanol–water partition coefficient (Wildman–Crippen LogP) is 4.62. The minimum atomic E-state index is -0.532.